The molecule has 4 heteroatoms. The molecule has 3 unspecified atom stereocenters. The van der Waals surface area contributed by atoms with Crippen LogP contribution in [-0.2, 0) is 4.74 Å². The van der Waals surface area contributed by atoms with Crippen molar-refractivity contribution in [3.8, 4) is 0 Å². The van der Waals surface area contributed by atoms with E-state index in [1.807, 2.05) is 0 Å². The van der Waals surface area contributed by atoms with Crippen LogP contribution in [0.1, 0.15) is 39.5 Å². The highest BCUT2D eigenvalue weighted by Gasteiger charge is 2.26. The second-order valence-electron chi connectivity index (χ2n) is 5.79. The van der Waals surface area contributed by atoms with E-state index in [1.165, 1.54) is 6.42 Å². The van der Waals surface area contributed by atoms with Crippen LogP contribution >= 0.6 is 0 Å². The molecule has 1 aliphatic carbocycles. The third kappa shape index (κ3) is 3.87. The number of carbonyl (C=O) groups excluding carboxylic acids is 1. The van der Waals surface area contributed by atoms with Crippen LogP contribution < -0.4 is 10.6 Å². The van der Waals surface area contributed by atoms with Gasteiger partial charge in [0.05, 0.1) is 12.6 Å². The maximum Gasteiger partial charge on any atom is 0.315 e. The van der Waals surface area contributed by atoms with Gasteiger partial charge in [0.1, 0.15) is 0 Å². The molecule has 1 heterocycles. The van der Waals surface area contributed by atoms with Gasteiger partial charge in [0, 0.05) is 12.6 Å². The number of nitrogens with one attached hydrogen (secondary N) is 2. The molecule has 0 aromatic heterocycles. The molecule has 0 spiro atoms. The summed E-state index contributed by atoms with van der Waals surface area (Å²) in [5.74, 6) is 1.44. The summed E-state index contributed by atoms with van der Waals surface area (Å²) in [4.78, 5) is 11.8. The number of carbonyl (C=O) groups is 1. The Morgan fingerprint density at radius 3 is 2.29 bits per heavy atom. The number of hydrogen-bond acceptors (Lipinski definition) is 2. The third-order valence-corrected chi connectivity index (χ3v) is 3.78. The summed E-state index contributed by atoms with van der Waals surface area (Å²) in [6.07, 6.45) is 4.44. The minimum absolute atomic E-state index is 0.0215. The SMILES string of the molecule is CC1CC(C)CC(NC(=O)NC2CCOC2)C1. The van der Waals surface area contributed by atoms with Crippen LogP contribution in [0, 0.1) is 11.8 Å². The lowest BCUT2D eigenvalue weighted by Crippen LogP contribution is -2.48. The molecule has 0 radical (unpaired) electrons. The van der Waals surface area contributed by atoms with Crippen LogP contribution in [0.3, 0.4) is 0 Å². The Morgan fingerprint density at radius 2 is 1.71 bits per heavy atom. The Morgan fingerprint density at radius 1 is 1.06 bits per heavy atom. The molecular weight excluding hydrogens is 216 g/mol. The van der Waals surface area contributed by atoms with Crippen LogP contribution in [0.5, 0.6) is 0 Å². The summed E-state index contributed by atoms with van der Waals surface area (Å²) in [6.45, 7) is 5.97. The smallest absolute Gasteiger partial charge is 0.315 e. The highest BCUT2D eigenvalue weighted by molar-refractivity contribution is 5.74. The largest absolute Gasteiger partial charge is 0.379 e. The molecule has 1 saturated carbocycles. The quantitative estimate of drug-likeness (QED) is 0.774. The Kier molecular flexibility index (Phi) is 4.26. The molecule has 2 amide bonds. The van der Waals surface area contributed by atoms with Crippen molar-refractivity contribution in [2.45, 2.75) is 51.6 Å². The Balaban J connectivity index is 1.73. The molecule has 1 aliphatic heterocycles. The van der Waals surface area contributed by atoms with Gasteiger partial charge < -0.3 is 15.4 Å². The summed E-state index contributed by atoms with van der Waals surface area (Å²) in [6, 6.07) is 0.524. The molecule has 2 rings (SSSR count). The van der Waals surface area contributed by atoms with Crippen LogP contribution in [0.15, 0.2) is 0 Å². The van der Waals surface area contributed by atoms with E-state index in [0.29, 0.717) is 12.6 Å². The van der Waals surface area contributed by atoms with E-state index < -0.39 is 0 Å². The predicted molar refractivity (Wildman–Crippen MR) is 66.9 cm³/mol. The summed E-state index contributed by atoms with van der Waals surface area (Å²) < 4.78 is 5.24. The van der Waals surface area contributed by atoms with Crippen LogP contribution in [0.25, 0.3) is 0 Å². The zero-order valence-electron chi connectivity index (χ0n) is 10.9. The van der Waals surface area contributed by atoms with Crippen molar-refractivity contribution in [3.05, 3.63) is 0 Å². The van der Waals surface area contributed by atoms with Crippen molar-refractivity contribution >= 4 is 6.03 Å². The number of urea groups is 1. The molecular formula is C13H24N2O2. The highest BCUT2D eigenvalue weighted by atomic mass is 16.5. The van der Waals surface area contributed by atoms with E-state index in [1.54, 1.807) is 0 Å². The minimum Gasteiger partial charge on any atom is -0.379 e. The summed E-state index contributed by atoms with van der Waals surface area (Å²) in [5, 5.41) is 6.08. The van der Waals surface area contributed by atoms with Gasteiger partial charge >= 0.3 is 6.03 Å². The zero-order valence-corrected chi connectivity index (χ0v) is 10.9. The van der Waals surface area contributed by atoms with E-state index >= 15 is 0 Å². The van der Waals surface area contributed by atoms with Gasteiger partial charge in [0.25, 0.3) is 0 Å². The fourth-order valence-corrected chi connectivity index (χ4v) is 3.13. The summed E-state index contributed by atoms with van der Waals surface area (Å²) in [7, 11) is 0. The Labute approximate surface area is 103 Å². The standard InChI is InChI=1S/C13H24N2O2/c1-9-5-10(2)7-12(6-9)15-13(16)14-11-3-4-17-8-11/h9-12H,3-8H2,1-2H3,(H2,14,15,16). The highest BCUT2D eigenvalue weighted by Crippen LogP contribution is 2.28. The number of hydrogen-bond donors (Lipinski definition) is 2. The van der Waals surface area contributed by atoms with Gasteiger partial charge in [-0.05, 0) is 37.5 Å². The lowest BCUT2D eigenvalue weighted by Gasteiger charge is -2.32. The van der Waals surface area contributed by atoms with Gasteiger partial charge in [-0.3, -0.25) is 0 Å². The topological polar surface area (TPSA) is 50.4 Å². The third-order valence-electron chi connectivity index (χ3n) is 3.78. The first-order valence-electron chi connectivity index (χ1n) is 6.78. The molecule has 98 valence electrons. The zero-order chi connectivity index (χ0) is 12.3. The number of rotatable bonds is 2. The van der Waals surface area contributed by atoms with Crippen LogP contribution in [0.4, 0.5) is 4.79 Å². The monoisotopic (exact) mass is 240 g/mol. The first-order valence-corrected chi connectivity index (χ1v) is 6.78. The van der Waals surface area contributed by atoms with E-state index in [4.69, 9.17) is 4.74 Å². The first kappa shape index (κ1) is 12.7. The molecule has 0 aromatic rings. The molecule has 0 bridgehead atoms. The predicted octanol–water partition coefficient (Wildman–Crippen LogP) is 1.90. The minimum atomic E-state index is -0.0215. The second-order valence-corrected chi connectivity index (χ2v) is 5.79. The van der Waals surface area contributed by atoms with Gasteiger partial charge in [-0.1, -0.05) is 13.8 Å². The molecule has 1 saturated heterocycles. The van der Waals surface area contributed by atoms with E-state index in [-0.39, 0.29) is 12.1 Å². The van der Waals surface area contributed by atoms with Crippen molar-refractivity contribution in [2.75, 3.05) is 13.2 Å². The van der Waals surface area contributed by atoms with Crippen LogP contribution in [0.2, 0.25) is 0 Å². The first-order chi connectivity index (χ1) is 8.13. The Bertz CT molecular complexity index is 254. The summed E-state index contributed by atoms with van der Waals surface area (Å²) in [5.41, 5.74) is 0. The van der Waals surface area contributed by atoms with Crippen molar-refractivity contribution in [3.63, 3.8) is 0 Å². The van der Waals surface area contributed by atoms with Gasteiger partial charge in [0.15, 0.2) is 0 Å². The fraction of sp³-hybridized carbons (Fsp3) is 0.923. The maximum absolute atomic E-state index is 11.8. The average molecular weight is 240 g/mol. The molecule has 3 atom stereocenters. The van der Waals surface area contributed by atoms with Gasteiger partial charge in [-0.15, -0.1) is 0 Å². The summed E-state index contributed by atoms with van der Waals surface area (Å²) >= 11 is 0. The lowest BCUT2D eigenvalue weighted by molar-refractivity contribution is 0.185. The molecule has 17 heavy (non-hydrogen) atoms. The van der Waals surface area contributed by atoms with Gasteiger partial charge in [-0.2, -0.15) is 0 Å². The van der Waals surface area contributed by atoms with Crippen molar-refractivity contribution in [1.82, 2.24) is 10.6 Å². The maximum atomic E-state index is 11.8. The number of amides is 2. The molecule has 2 N–H and O–H groups in total. The fourth-order valence-electron chi connectivity index (χ4n) is 3.13. The van der Waals surface area contributed by atoms with Crippen LogP contribution in [-0.4, -0.2) is 31.3 Å². The average Bonchev–Trinajstić information content (AvgIpc) is 2.67. The molecule has 0 aromatic carbocycles. The van der Waals surface area contributed by atoms with Crippen molar-refractivity contribution in [1.29, 1.82) is 0 Å². The van der Waals surface area contributed by atoms with E-state index in [9.17, 15) is 4.79 Å². The van der Waals surface area contributed by atoms with Crippen molar-refractivity contribution < 1.29 is 9.53 Å². The second kappa shape index (κ2) is 5.71. The van der Waals surface area contributed by atoms with E-state index in [0.717, 1.165) is 37.7 Å². The van der Waals surface area contributed by atoms with E-state index in [2.05, 4.69) is 24.5 Å². The van der Waals surface area contributed by atoms with Gasteiger partial charge in [-0.25, -0.2) is 4.79 Å². The number of ether oxygens (including phenoxy) is 1. The molecule has 4 nitrogen and oxygen atoms in total. The normalized spacial score (nSPS) is 37.8. The molecule has 2 fully saturated rings. The molecule has 2 aliphatic rings. The Hall–Kier alpha value is -0.770. The lowest BCUT2D eigenvalue weighted by atomic mass is 9.80. The van der Waals surface area contributed by atoms with Gasteiger partial charge in [0.2, 0.25) is 0 Å². The van der Waals surface area contributed by atoms with Crippen molar-refractivity contribution in [2.24, 2.45) is 11.8 Å².